The molecule has 0 bridgehead atoms. The second-order valence-electron chi connectivity index (χ2n) is 3.81. The molecular formula is C11H15B2. The molecule has 65 valence electrons. The van der Waals surface area contributed by atoms with Crippen LogP contribution in [0, 0.1) is 5.41 Å². The summed E-state index contributed by atoms with van der Waals surface area (Å²) in [6.07, 6.45) is 7.61. The molecule has 0 nitrogen and oxygen atoms in total. The Hall–Kier alpha value is -0.780. The average Bonchev–Trinajstić information content (AvgIpc) is 2.02. The van der Waals surface area contributed by atoms with Crippen molar-refractivity contribution >= 4 is 21.3 Å². The standard InChI is InChI=1S/C11H15B2/c1-11(2,3)10(6-4-8-12)7-5-9-13/h4-9H,1-3H3/b6-4+,9-5+,10-7-. The van der Waals surface area contributed by atoms with Crippen molar-refractivity contribution in [2.24, 2.45) is 5.41 Å². The predicted octanol–water partition coefficient (Wildman–Crippen LogP) is 2.17. The molecule has 0 saturated carbocycles. The molecule has 0 rings (SSSR count). The number of hydrogen-bond acceptors (Lipinski definition) is 0. The Morgan fingerprint density at radius 3 is 2.15 bits per heavy atom. The van der Waals surface area contributed by atoms with E-state index in [-0.39, 0.29) is 5.41 Å². The molecule has 0 aromatic rings. The van der Waals surface area contributed by atoms with Crippen LogP contribution in [0.5, 0.6) is 0 Å². The normalized spacial score (nSPS) is 14.2. The molecule has 0 spiro atoms. The van der Waals surface area contributed by atoms with Gasteiger partial charge in [0, 0.05) is 0 Å². The first-order valence-electron chi connectivity index (χ1n) is 4.33. The molecule has 0 aromatic carbocycles. The van der Waals surface area contributed by atoms with E-state index >= 15 is 0 Å². The number of hydrogen-bond donors (Lipinski definition) is 0. The minimum absolute atomic E-state index is 0.110. The van der Waals surface area contributed by atoms with Crippen LogP contribution in [0.15, 0.2) is 35.9 Å². The third-order valence-corrected chi connectivity index (χ3v) is 1.64. The molecule has 0 heterocycles. The van der Waals surface area contributed by atoms with Crippen LogP contribution in [0.3, 0.4) is 0 Å². The monoisotopic (exact) mass is 169 g/mol. The molecule has 0 aliphatic carbocycles. The minimum atomic E-state index is 0.110. The van der Waals surface area contributed by atoms with Crippen LogP contribution in [0.25, 0.3) is 0 Å². The van der Waals surface area contributed by atoms with Crippen molar-refractivity contribution in [3.63, 3.8) is 0 Å². The molecule has 0 unspecified atom stereocenters. The quantitative estimate of drug-likeness (QED) is 0.448. The van der Waals surface area contributed by atoms with Crippen LogP contribution in [0.1, 0.15) is 20.8 Å². The number of rotatable bonds is 3. The van der Waals surface area contributed by atoms with Gasteiger partial charge in [0.1, 0.15) is 0 Å². The van der Waals surface area contributed by atoms with E-state index in [0.717, 1.165) is 0 Å². The zero-order valence-electron chi connectivity index (χ0n) is 8.62. The van der Waals surface area contributed by atoms with Gasteiger partial charge in [-0.25, -0.2) is 0 Å². The van der Waals surface area contributed by atoms with Crippen LogP contribution in [0.2, 0.25) is 0 Å². The third kappa shape index (κ3) is 5.46. The summed E-state index contributed by atoms with van der Waals surface area (Å²) >= 11 is 0. The molecular weight excluding hydrogens is 154 g/mol. The summed E-state index contributed by atoms with van der Waals surface area (Å²) in [6.45, 7) is 6.43. The fourth-order valence-electron chi connectivity index (χ4n) is 0.874. The van der Waals surface area contributed by atoms with Gasteiger partial charge in [-0.2, -0.15) is 0 Å². The molecule has 2 heteroatoms. The van der Waals surface area contributed by atoms with E-state index in [2.05, 4.69) is 20.8 Å². The van der Waals surface area contributed by atoms with E-state index in [1.54, 1.807) is 0 Å². The summed E-state index contributed by atoms with van der Waals surface area (Å²) in [5.74, 6) is 3.04. The van der Waals surface area contributed by atoms with Gasteiger partial charge in [0.25, 0.3) is 0 Å². The van der Waals surface area contributed by atoms with E-state index in [1.165, 1.54) is 17.5 Å². The second kappa shape index (κ2) is 5.80. The molecule has 13 heavy (non-hydrogen) atoms. The van der Waals surface area contributed by atoms with Crippen LogP contribution < -0.4 is 0 Å². The van der Waals surface area contributed by atoms with Gasteiger partial charge in [-0.05, 0) is 0 Å². The van der Waals surface area contributed by atoms with E-state index in [9.17, 15) is 0 Å². The Labute approximate surface area is 83.9 Å². The molecule has 0 atom stereocenters. The summed E-state index contributed by atoms with van der Waals surface area (Å²) in [7, 11) is 10.5. The second-order valence-corrected chi connectivity index (χ2v) is 3.81. The van der Waals surface area contributed by atoms with Gasteiger partial charge < -0.3 is 0 Å². The summed E-state index contributed by atoms with van der Waals surface area (Å²) in [6, 6.07) is 0. The van der Waals surface area contributed by atoms with E-state index in [0.29, 0.717) is 0 Å². The summed E-state index contributed by atoms with van der Waals surface area (Å²) in [4.78, 5) is 0. The van der Waals surface area contributed by atoms with Crippen LogP contribution in [0.4, 0.5) is 0 Å². The van der Waals surface area contributed by atoms with Gasteiger partial charge >= 0.3 is 83.3 Å². The van der Waals surface area contributed by atoms with Gasteiger partial charge in [0.05, 0.1) is 0 Å². The van der Waals surface area contributed by atoms with E-state index in [1.807, 2.05) is 24.3 Å². The Morgan fingerprint density at radius 1 is 1.15 bits per heavy atom. The van der Waals surface area contributed by atoms with Crippen molar-refractivity contribution in [1.82, 2.24) is 0 Å². The Morgan fingerprint density at radius 2 is 1.77 bits per heavy atom. The predicted molar refractivity (Wildman–Crippen MR) is 63.4 cm³/mol. The zero-order valence-corrected chi connectivity index (χ0v) is 8.62. The zero-order chi connectivity index (χ0) is 10.3. The average molecular weight is 169 g/mol. The van der Waals surface area contributed by atoms with Crippen LogP contribution in [-0.2, 0) is 0 Å². The van der Waals surface area contributed by atoms with Crippen molar-refractivity contribution in [1.29, 1.82) is 0 Å². The van der Waals surface area contributed by atoms with Gasteiger partial charge in [-0.3, -0.25) is 0 Å². The summed E-state index contributed by atoms with van der Waals surface area (Å²) < 4.78 is 0. The first-order chi connectivity index (χ1) is 6.02. The Balaban J connectivity index is 4.75. The van der Waals surface area contributed by atoms with Crippen molar-refractivity contribution < 1.29 is 0 Å². The molecule has 3 radical (unpaired) electrons. The fourth-order valence-corrected chi connectivity index (χ4v) is 0.874. The van der Waals surface area contributed by atoms with Gasteiger partial charge in [0.15, 0.2) is 0 Å². The fraction of sp³-hybridized carbons (Fsp3) is 0.364. The maximum absolute atomic E-state index is 5.27. The van der Waals surface area contributed by atoms with E-state index < -0.39 is 0 Å². The van der Waals surface area contributed by atoms with Crippen molar-refractivity contribution in [2.75, 3.05) is 0 Å². The van der Waals surface area contributed by atoms with Crippen LogP contribution in [-0.4, -0.2) is 21.3 Å². The number of allylic oxidation sites excluding steroid dienone is 5. The SMILES string of the molecule is [B]/C=C/C=C(/C=C/C=[B])C(C)(C)C. The molecule has 0 saturated heterocycles. The van der Waals surface area contributed by atoms with Gasteiger partial charge in [0.2, 0.25) is 0 Å². The first-order valence-corrected chi connectivity index (χ1v) is 4.33. The Kier molecular flexibility index (Phi) is 5.45. The van der Waals surface area contributed by atoms with Crippen LogP contribution >= 0.6 is 0 Å². The van der Waals surface area contributed by atoms with Gasteiger partial charge in [-0.15, -0.1) is 0 Å². The van der Waals surface area contributed by atoms with Crippen molar-refractivity contribution in [3.8, 4) is 0 Å². The maximum atomic E-state index is 5.27. The Bertz CT molecular complexity index is 239. The van der Waals surface area contributed by atoms with Crippen molar-refractivity contribution in [3.05, 3.63) is 35.9 Å². The third-order valence-electron chi connectivity index (χ3n) is 1.64. The molecule has 0 fully saturated rings. The van der Waals surface area contributed by atoms with Gasteiger partial charge in [-0.1, -0.05) is 0 Å². The molecule has 0 aliphatic rings. The summed E-state index contributed by atoms with van der Waals surface area (Å²) in [5, 5.41) is 0. The summed E-state index contributed by atoms with van der Waals surface area (Å²) in [5.41, 5.74) is 1.30. The first kappa shape index (κ1) is 12.2. The molecule has 0 aliphatic heterocycles. The molecule has 0 amide bonds. The van der Waals surface area contributed by atoms with Crippen molar-refractivity contribution in [2.45, 2.75) is 20.8 Å². The molecule has 0 N–H and O–H groups in total. The van der Waals surface area contributed by atoms with E-state index in [4.69, 9.17) is 15.3 Å². The molecule has 0 aromatic heterocycles. The topological polar surface area (TPSA) is 0 Å².